The van der Waals surface area contributed by atoms with E-state index in [2.05, 4.69) is 22.5 Å². The molecule has 1 aliphatic rings. The Labute approximate surface area is 158 Å². The lowest BCUT2D eigenvalue weighted by Gasteiger charge is -2.32. The number of amides is 1. The maximum atomic E-state index is 12.5. The molecule has 2 aromatic rings. The summed E-state index contributed by atoms with van der Waals surface area (Å²) in [5.41, 5.74) is 2.45. The van der Waals surface area contributed by atoms with Crippen molar-refractivity contribution < 1.29 is 4.79 Å². The van der Waals surface area contributed by atoms with Gasteiger partial charge in [0.2, 0.25) is 0 Å². The first-order valence-corrected chi connectivity index (χ1v) is 8.99. The number of piperazine rings is 1. The summed E-state index contributed by atoms with van der Waals surface area (Å²) in [5, 5.41) is 15.8. The zero-order valence-corrected chi connectivity index (χ0v) is 15.4. The molecule has 0 bridgehead atoms. The van der Waals surface area contributed by atoms with Gasteiger partial charge in [-0.1, -0.05) is 29.8 Å². The number of carbonyl (C=O) groups excluding carboxylic acids is 1. The molecule has 0 saturated carbocycles. The molecule has 5 nitrogen and oxygen atoms in total. The summed E-state index contributed by atoms with van der Waals surface area (Å²) >= 11 is 6.55. The van der Waals surface area contributed by atoms with Crippen molar-refractivity contribution in [3.63, 3.8) is 0 Å². The summed E-state index contributed by atoms with van der Waals surface area (Å²) in [6.45, 7) is 5.81. The first-order valence-electron chi connectivity index (χ1n) is 8.61. The molecule has 6 heteroatoms. The lowest BCUT2D eigenvalue weighted by Crippen LogP contribution is -2.48. The summed E-state index contributed by atoms with van der Waals surface area (Å²) in [7, 11) is 0. The number of anilines is 1. The van der Waals surface area contributed by atoms with E-state index in [0.717, 1.165) is 31.7 Å². The van der Waals surface area contributed by atoms with E-state index in [0.29, 0.717) is 27.9 Å². The molecule has 1 heterocycles. The third-order valence-electron chi connectivity index (χ3n) is 4.43. The number of rotatable bonds is 4. The molecule has 1 saturated heterocycles. The maximum absolute atomic E-state index is 12.5. The second-order valence-corrected chi connectivity index (χ2v) is 6.89. The zero-order valence-electron chi connectivity index (χ0n) is 14.6. The number of carbonyl (C=O) groups is 1. The highest BCUT2D eigenvalue weighted by Crippen LogP contribution is 2.27. The van der Waals surface area contributed by atoms with Crippen molar-refractivity contribution >= 4 is 23.2 Å². The smallest absolute Gasteiger partial charge is 0.255 e. The van der Waals surface area contributed by atoms with E-state index in [1.54, 1.807) is 30.3 Å². The van der Waals surface area contributed by atoms with Gasteiger partial charge in [0, 0.05) is 37.8 Å². The van der Waals surface area contributed by atoms with Gasteiger partial charge in [-0.15, -0.1) is 0 Å². The topological polar surface area (TPSA) is 68.2 Å². The van der Waals surface area contributed by atoms with Gasteiger partial charge < -0.3 is 10.6 Å². The van der Waals surface area contributed by atoms with E-state index >= 15 is 0 Å². The van der Waals surface area contributed by atoms with Crippen LogP contribution >= 0.6 is 11.6 Å². The summed E-state index contributed by atoms with van der Waals surface area (Å²) in [5.74, 6) is -0.281. The van der Waals surface area contributed by atoms with Crippen molar-refractivity contribution in [3.05, 3.63) is 64.2 Å². The summed E-state index contributed by atoms with van der Waals surface area (Å²) < 4.78 is 0. The Bertz CT molecular complexity index is 846. The van der Waals surface area contributed by atoms with Gasteiger partial charge in [-0.2, -0.15) is 5.26 Å². The van der Waals surface area contributed by atoms with Crippen molar-refractivity contribution in [2.75, 3.05) is 25.0 Å². The van der Waals surface area contributed by atoms with Crippen LogP contribution in [0.3, 0.4) is 0 Å². The number of nitrogens with one attached hydrogen (secondary N) is 2. The van der Waals surface area contributed by atoms with Crippen LogP contribution < -0.4 is 10.6 Å². The number of nitrogens with zero attached hydrogens (tertiary/aromatic N) is 2. The van der Waals surface area contributed by atoms with Crippen molar-refractivity contribution in [3.8, 4) is 6.07 Å². The number of benzene rings is 2. The van der Waals surface area contributed by atoms with Gasteiger partial charge in [0.1, 0.15) is 0 Å². The van der Waals surface area contributed by atoms with E-state index in [1.807, 2.05) is 18.2 Å². The van der Waals surface area contributed by atoms with Crippen LogP contribution in [0.4, 0.5) is 5.69 Å². The highest BCUT2D eigenvalue weighted by atomic mass is 35.5. The molecule has 0 aliphatic carbocycles. The van der Waals surface area contributed by atoms with Crippen LogP contribution in [0.15, 0.2) is 42.5 Å². The molecule has 3 rings (SSSR count). The predicted octanol–water partition coefficient (Wildman–Crippen LogP) is 3.26. The first kappa shape index (κ1) is 18.4. The van der Waals surface area contributed by atoms with Crippen molar-refractivity contribution in [1.29, 1.82) is 5.26 Å². The van der Waals surface area contributed by atoms with Gasteiger partial charge in [0.15, 0.2) is 0 Å². The normalized spacial score (nSPS) is 17.5. The van der Waals surface area contributed by atoms with Gasteiger partial charge in [-0.3, -0.25) is 9.69 Å². The zero-order chi connectivity index (χ0) is 18.5. The largest absolute Gasteiger partial charge is 0.321 e. The van der Waals surface area contributed by atoms with Gasteiger partial charge >= 0.3 is 0 Å². The minimum absolute atomic E-state index is 0.281. The third-order valence-corrected chi connectivity index (χ3v) is 4.87. The fraction of sp³-hybridized carbons (Fsp3) is 0.300. The van der Waals surface area contributed by atoms with Crippen LogP contribution in [-0.4, -0.2) is 36.5 Å². The average Bonchev–Trinajstić information content (AvgIpc) is 2.65. The molecule has 0 spiro atoms. The maximum Gasteiger partial charge on any atom is 0.255 e. The molecule has 2 N–H and O–H groups in total. The second kappa shape index (κ2) is 8.33. The van der Waals surface area contributed by atoms with E-state index < -0.39 is 0 Å². The Morgan fingerprint density at radius 2 is 2.19 bits per heavy atom. The highest BCUT2D eigenvalue weighted by Gasteiger charge is 2.18. The molecule has 0 unspecified atom stereocenters. The molecule has 134 valence electrons. The second-order valence-electron chi connectivity index (χ2n) is 6.52. The van der Waals surface area contributed by atoms with Crippen LogP contribution in [0.2, 0.25) is 5.02 Å². The third kappa shape index (κ3) is 4.41. The van der Waals surface area contributed by atoms with Crippen molar-refractivity contribution in [2.24, 2.45) is 0 Å². The van der Waals surface area contributed by atoms with E-state index in [1.165, 1.54) is 0 Å². The molecule has 1 atom stereocenters. The lowest BCUT2D eigenvalue weighted by molar-refractivity contribution is 0.102. The van der Waals surface area contributed by atoms with Gasteiger partial charge in [0.25, 0.3) is 5.91 Å². The Kier molecular flexibility index (Phi) is 5.89. The highest BCUT2D eigenvalue weighted by molar-refractivity contribution is 6.34. The van der Waals surface area contributed by atoms with Crippen molar-refractivity contribution in [2.45, 2.75) is 19.5 Å². The summed E-state index contributed by atoms with van der Waals surface area (Å²) in [4.78, 5) is 14.8. The van der Waals surface area contributed by atoms with E-state index in [4.69, 9.17) is 16.9 Å². The molecule has 2 aromatic carbocycles. The van der Waals surface area contributed by atoms with E-state index in [9.17, 15) is 4.79 Å². The Morgan fingerprint density at radius 3 is 2.96 bits per heavy atom. The predicted molar refractivity (Wildman–Crippen MR) is 103 cm³/mol. The molecular weight excluding hydrogens is 348 g/mol. The monoisotopic (exact) mass is 368 g/mol. The minimum Gasteiger partial charge on any atom is -0.321 e. The number of hydrogen-bond acceptors (Lipinski definition) is 4. The first-order chi connectivity index (χ1) is 12.6. The van der Waals surface area contributed by atoms with Crippen LogP contribution in [-0.2, 0) is 6.54 Å². The summed E-state index contributed by atoms with van der Waals surface area (Å²) in [6.07, 6.45) is 0. The van der Waals surface area contributed by atoms with Crippen LogP contribution in [0.25, 0.3) is 0 Å². The minimum atomic E-state index is -0.281. The molecule has 0 radical (unpaired) electrons. The Balaban J connectivity index is 1.74. The molecule has 26 heavy (non-hydrogen) atoms. The van der Waals surface area contributed by atoms with Gasteiger partial charge in [0.05, 0.1) is 22.3 Å². The molecule has 0 aromatic heterocycles. The average molecular weight is 369 g/mol. The van der Waals surface area contributed by atoms with Gasteiger partial charge in [-0.25, -0.2) is 0 Å². The molecule has 1 fully saturated rings. The van der Waals surface area contributed by atoms with Gasteiger partial charge in [-0.05, 0) is 36.8 Å². The number of halogens is 1. The fourth-order valence-electron chi connectivity index (χ4n) is 3.12. The molecule has 1 amide bonds. The standard InChI is InChI=1S/C20H21ClN4O/c1-14-12-25(9-8-23-14)13-17-6-3-7-18(19(17)21)24-20(26)16-5-2-4-15(10-16)11-22/h2-7,10,14,23H,8-9,12-13H2,1H3,(H,24,26)/t14-/m0/s1. The van der Waals surface area contributed by atoms with Crippen LogP contribution in [0.5, 0.6) is 0 Å². The van der Waals surface area contributed by atoms with Crippen LogP contribution in [0.1, 0.15) is 28.4 Å². The fourth-order valence-corrected chi connectivity index (χ4v) is 3.35. The number of hydrogen-bond donors (Lipinski definition) is 2. The van der Waals surface area contributed by atoms with Crippen molar-refractivity contribution in [1.82, 2.24) is 10.2 Å². The quantitative estimate of drug-likeness (QED) is 0.869. The SMILES string of the molecule is C[C@H]1CN(Cc2cccc(NC(=O)c3cccc(C#N)c3)c2Cl)CCN1. The lowest BCUT2D eigenvalue weighted by atomic mass is 10.1. The Hall–Kier alpha value is -2.39. The van der Waals surface area contributed by atoms with E-state index in [-0.39, 0.29) is 5.91 Å². The molecular formula is C20H21ClN4O. The Morgan fingerprint density at radius 1 is 1.38 bits per heavy atom. The molecule has 1 aliphatic heterocycles. The van der Waals surface area contributed by atoms with Crippen LogP contribution in [0, 0.1) is 11.3 Å². The number of nitriles is 1. The summed E-state index contributed by atoms with van der Waals surface area (Å²) in [6, 6.07) is 14.8.